The van der Waals surface area contributed by atoms with Crippen LogP contribution in [0.3, 0.4) is 0 Å². The van der Waals surface area contributed by atoms with Crippen LogP contribution in [0.1, 0.15) is 45.4 Å². The molecule has 2 heterocycles. The first-order valence-electron chi connectivity index (χ1n) is 6.52. The Labute approximate surface area is 123 Å². The largest absolute Gasteiger partial charge is 0.309 e. The number of rotatable bonds is 3. The van der Waals surface area contributed by atoms with Gasteiger partial charge >= 0.3 is 0 Å². The van der Waals surface area contributed by atoms with Crippen molar-refractivity contribution in [3.05, 3.63) is 20.8 Å². The lowest BCUT2D eigenvalue weighted by atomic mass is 9.79. The first-order valence-corrected chi connectivity index (χ1v) is 8.19. The van der Waals surface area contributed by atoms with Gasteiger partial charge in [-0.25, -0.2) is 0 Å². The molecule has 0 unspecified atom stereocenters. The van der Waals surface area contributed by atoms with Crippen molar-refractivity contribution in [2.24, 2.45) is 0 Å². The highest BCUT2D eigenvalue weighted by molar-refractivity contribution is 9.10. The van der Waals surface area contributed by atoms with Gasteiger partial charge in [0.1, 0.15) is 0 Å². The fourth-order valence-corrected chi connectivity index (χ4v) is 4.60. The van der Waals surface area contributed by atoms with Crippen LogP contribution in [-0.4, -0.2) is 17.1 Å². The van der Waals surface area contributed by atoms with Crippen LogP contribution in [0.4, 0.5) is 0 Å². The lowest BCUT2D eigenvalue weighted by Gasteiger charge is -2.46. The number of halogens is 1. The molecule has 0 bridgehead atoms. The lowest BCUT2D eigenvalue weighted by Crippen LogP contribution is -2.61. The number of nitrogens with one attached hydrogen (secondary N) is 2. The molecule has 0 radical (unpaired) electrons. The van der Waals surface area contributed by atoms with Gasteiger partial charge in [0, 0.05) is 33.0 Å². The standard InChI is InChI=1S/C14H23BrN2S/c1-13(2)7-10(8-14(3,4)17-13)16-9-12-11(15)5-6-18-12/h5-6,10,16-17H,7-9H2,1-4H3. The summed E-state index contributed by atoms with van der Waals surface area (Å²) in [7, 11) is 0. The van der Waals surface area contributed by atoms with Crippen LogP contribution < -0.4 is 10.6 Å². The molecule has 4 heteroatoms. The quantitative estimate of drug-likeness (QED) is 0.877. The minimum Gasteiger partial charge on any atom is -0.309 e. The minimum atomic E-state index is 0.214. The van der Waals surface area contributed by atoms with E-state index >= 15 is 0 Å². The molecule has 1 aromatic rings. The second kappa shape index (κ2) is 5.23. The molecule has 0 spiro atoms. The highest BCUT2D eigenvalue weighted by Gasteiger charge is 2.37. The normalized spacial score (nSPS) is 23.2. The van der Waals surface area contributed by atoms with E-state index in [4.69, 9.17) is 0 Å². The van der Waals surface area contributed by atoms with E-state index in [0.29, 0.717) is 6.04 Å². The molecule has 2 rings (SSSR count). The van der Waals surface area contributed by atoms with E-state index in [9.17, 15) is 0 Å². The highest BCUT2D eigenvalue weighted by atomic mass is 79.9. The molecule has 102 valence electrons. The van der Waals surface area contributed by atoms with E-state index in [0.717, 1.165) is 6.54 Å². The second-order valence-electron chi connectivity index (χ2n) is 6.57. The zero-order chi connectivity index (χ0) is 13.4. The van der Waals surface area contributed by atoms with Gasteiger partial charge in [0.2, 0.25) is 0 Å². The van der Waals surface area contributed by atoms with E-state index in [1.165, 1.54) is 22.2 Å². The third kappa shape index (κ3) is 3.80. The second-order valence-corrected chi connectivity index (χ2v) is 8.43. The summed E-state index contributed by atoms with van der Waals surface area (Å²) >= 11 is 5.41. The molecule has 0 aliphatic carbocycles. The Morgan fingerprint density at radius 3 is 2.44 bits per heavy atom. The summed E-state index contributed by atoms with van der Waals surface area (Å²) in [5.41, 5.74) is 0.429. The Balaban J connectivity index is 1.95. The zero-order valence-electron chi connectivity index (χ0n) is 11.6. The molecule has 1 aliphatic rings. The maximum Gasteiger partial charge on any atom is 0.0327 e. The maximum atomic E-state index is 3.72. The molecule has 18 heavy (non-hydrogen) atoms. The molecule has 1 aromatic heterocycles. The lowest BCUT2D eigenvalue weighted by molar-refractivity contribution is 0.145. The highest BCUT2D eigenvalue weighted by Crippen LogP contribution is 2.29. The van der Waals surface area contributed by atoms with Gasteiger partial charge < -0.3 is 10.6 Å². The third-order valence-electron chi connectivity index (χ3n) is 3.43. The molecular weight excluding hydrogens is 308 g/mol. The summed E-state index contributed by atoms with van der Waals surface area (Å²) < 4.78 is 1.23. The Bertz CT molecular complexity index is 396. The third-order valence-corrected chi connectivity index (χ3v) is 5.36. The Morgan fingerprint density at radius 2 is 1.94 bits per heavy atom. The molecule has 0 amide bonds. The van der Waals surface area contributed by atoms with Crippen LogP contribution in [0, 0.1) is 0 Å². The number of hydrogen-bond acceptors (Lipinski definition) is 3. The topological polar surface area (TPSA) is 24.1 Å². The first-order chi connectivity index (χ1) is 8.27. The molecule has 2 nitrogen and oxygen atoms in total. The van der Waals surface area contributed by atoms with E-state index in [1.54, 1.807) is 0 Å². The van der Waals surface area contributed by atoms with Gasteiger partial charge in [-0.2, -0.15) is 0 Å². The molecule has 0 aromatic carbocycles. The van der Waals surface area contributed by atoms with Gasteiger partial charge in [0.15, 0.2) is 0 Å². The van der Waals surface area contributed by atoms with Crippen molar-refractivity contribution in [1.29, 1.82) is 0 Å². The molecule has 0 saturated carbocycles. The molecule has 1 saturated heterocycles. The Hall–Kier alpha value is 0.1000. The van der Waals surface area contributed by atoms with Crippen molar-refractivity contribution >= 4 is 27.3 Å². The molecule has 1 fully saturated rings. The fraction of sp³-hybridized carbons (Fsp3) is 0.714. The van der Waals surface area contributed by atoms with Crippen molar-refractivity contribution in [1.82, 2.24) is 10.6 Å². The maximum absolute atomic E-state index is 3.72. The van der Waals surface area contributed by atoms with Crippen LogP contribution in [0.2, 0.25) is 0 Å². The summed E-state index contributed by atoms with van der Waals surface area (Å²) in [6.45, 7) is 10.1. The van der Waals surface area contributed by atoms with Crippen molar-refractivity contribution in [2.45, 2.75) is 64.2 Å². The van der Waals surface area contributed by atoms with Crippen LogP contribution >= 0.6 is 27.3 Å². The summed E-state index contributed by atoms with van der Waals surface area (Å²) in [5, 5.41) is 9.57. The average molecular weight is 331 g/mol. The van der Waals surface area contributed by atoms with Gasteiger partial charge in [-0.3, -0.25) is 0 Å². The van der Waals surface area contributed by atoms with Crippen molar-refractivity contribution in [2.75, 3.05) is 0 Å². The van der Waals surface area contributed by atoms with Gasteiger partial charge in [-0.1, -0.05) is 0 Å². The van der Waals surface area contributed by atoms with Crippen LogP contribution in [0.5, 0.6) is 0 Å². The van der Waals surface area contributed by atoms with Gasteiger partial charge in [0.25, 0.3) is 0 Å². The predicted molar refractivity (Wildman–Crippen MR) is 83.2 cm³/mol. The summed E-state index contributed by atoms with van der Waals surface area (Å²) in [5.74, 6) is 0. The monoisotopic (exact) mass is 330 g/mol. The molecular formula is C14H23BrN2S. The Morgan fingerprint density at radius 1 is 1.33 bits per heavy atom. The summed E-state index contributed by atoms with van der Waals surface area (Å²) in [6, 6.07) is 2.71. The number of piperidine rings is 1. The SMILES string of the molecule is CC1(C)CC(NCc2sccc2Br)CC(C)(C)N1. The van der Waals surface area contributed by atoms with E-state index in [2.05, 4.69) is 65.7 Å². The molecule has 1 aliphatic heterocycles. The summed E-state index contributed by atoms with van der Waals surface area (Å²) in [4.78, 5) is 1.39. The minimum absolute atomic E-state index is 0.214. The van der Waals surface area contributed by atoms with Crippen LogP contribution in [0.15, 0.2) is 15.9 Å². The van der Waals surface area contributed by atoms with Crippen LogP contribution in [-0.2, 0) is 6.54 Å². The predicted octanol–water partition coefficient (Wildman–Crippen LogP) is 3.91. The number of hydrogen-bond donors (Lipinski definition) is 2. The van der Waals surface area contributed by atoms with E-state index < -0.39 is 0 Å². The van der Waals surface area contributed by atoms with Gasteiger partial charge in [-0.15, -0.1) is 11.3 Å². The van der Waals surface area contributed by atoms with Crippen LogP contribution in [0.25, 0.3) is 0 Å². The Kier molecular flexibility index (Phi) is 4.22. The zero-order valence-corrected chi connectivity index (χ0v) is 14.0. The smallest absolute Gasteiger partial charge is 0.0327 e. The fourth-order valence-electron chi connectivity index (χ4n) is 3.15. The van der Waals surface area contributed by atoms with Gasteiger partial charge in [-0.05, 0) is 67.9 Å². The van der Waals surface area contributed by atoms with E-state index in [1.807, 2.05) is 11.3 Å². The first kappa shape index (κ1) is 14.5. The van der Waals surface area contributed by atoms with Crippen molar-refractivity contribution < 1.29 is 0 Å². The summed E-state index contributed by atoms with van der Waals surface area (Å²) in [6.07, 6.45) is 2.36. The van der Waals surface area contributed by atoms with Gasteiger partial charge in [0.05, 0.1) is 0 Å². The number of thiophene rings is 1. The van der Waals surface area contributed by atoms with Crippen molar-refractivity contribution in [3.63, 3.8) is 0 Å². The molecule has 2 N–H and O–H groups in total. The molecule has 0 atom stereocenters. The average Bonchev–Trinajstić information content (AvgIpc) is 2.56. The van der Waals surface area contributed by atoms with Crippen molar-refractivity contribution in [3.8, 4) is 0 Å². The van der Waals surface area contributed by atoms with E-state index in [-0.39, 0.29) is 11.1 Å².